The van der Waals surface area contributed by atoms with Crippen molar-refractivity contribution in [1.29, 1.82) is 0 Å². The van der Waals surface area contributed by atoms with Gasteiger partial charge in [0.15, 0.2) is 5.54 Å². The lowest BCUT2D eigenvalue weighted by Crippen LogP contribution is -2.47. The van der Waals surface area contributed by atoms with Crippen LogP contribution in [0.1, 0.15) is 47.8 Å². The minimum absolute atomic E-state index is 0.0459. The molecule has 1 aliphatic heterocycles. The van der Waals surface area contributed by atoms with Crippen LogP contribution in [-0.2, 0) is 21.6 Å². The van der Waals surface area contributed by atoms with Gasteiger partial charge in [-0.3, -0.25) is 15.0 Å². The summed E-state index contributed by atoms with van der Waals surface area (Å²) in [6, 6.07) is 18.5. The molecule has 0 radical (unpaired) electrons. The van der Waals surface area contributed by atoms with E-state index in [-0.39, 0.29) is 18.1 Å². The van der Waals surface area contributed by atoms with Crippen molar-refractivity contribution in [2.24, 2.45) is 4.99 Å². The first-order valence-corrected chi connectivity index (χ1v) is 12.4. The SMILES string of the molecule is CC(C)(C)OC(=O)NC1=NC(c2ccc(F)cc2)(c2cccc(Br)c2)C(=O)N1Cc1cccc(C(=O)O)c1. The fourth-order valence-electron chi connectivity index (χ4n) is 4.13. The number of carboxylic acid groups (broad SMARTS) is 1. The van der Waals surface area contributed by atoms with Crippen LogP contribution in [0.3, 0.4) is 0 Å². The molecule has 1 unspecified atom stereocenters. The normalized spacial score (nSPS) is 17.2. The maximum atomic E-state index is 14.3. The van der Waals surface area contributed by atoms with Crippen LogP contribution in [0.25, 0.3) is 0 Å². The zero-order valence-electron chi connectivity index (χ0n) is 20.9. The van der Waals surface area contributed by atoms with E-state index in [1.807, 2.05) is 0 Å². The van der Waals surface area contributed by atoms with E-state index in [1.54, 1.807) is 57.2 Å². The van der Waals surface area contributed by atoms with Gasteiger partial charge in [-0.15, -0.1) is 0 Å². The van der Waals surface area contributed by atoms with Gasteiger partial charge in [0, 0.05) is 4.47 Å². The second-order valence-electron chi connectivity index (χ2n) is 9.69. The highest BCUT2D eigenvalue weighted by molar-refractivity contribution is 9.10. The van der Waals surface area contributed by atoms with Gasteiger partial charge in [-0.25, -0.2) is 19.0 Å². The molecule has 0 bridgehead atoms. The van der Waals surface area contributed by atoms with E-state index in [2.05, 4.69) is 21.2 Å². The summed E-state index contributed by atoms with van der Waals surface area (Å²) < 4.78 is 20.0. The quantitative estimate of drug-likeness (QED) is 0.416. The van der Waals surface area contributed by atoms with E-state index in [1.165, 1.54) is 41.3 Å². The number of amides is 2. The Morgan fingerprint density at radius 3 is 2.37 bits per heavy atom. The molecule has 0 saturated heterocycles. The number of guanidine groups is 1. The molecule has 0 aromatic heterocycles. The second kappa shape index (κ2) is 10.4. The molecule has 10 heteroatoms. The van der Waals surface area contributed by atoms with Crippen molar-refractivity contribution >= 4 is 39.9 Å². The van der Waals surface area contributed by atoms with E-state index in [0.29, 0.717) is 21.2 Å². The molecule has 1 atom stereocenters. The van der Waals surface area contributed by atoms with Crippen molar-refractivity contribution < 1.29 is 28.6 Å². The second-order valence-corrected chi connectivity index (χ2v) is 10.6. The average molecular weight is 582 g/mol. The lowest BCUT2D eigenvalue weighted by Gasteiger charge is -2.27. The van der Waals surface area contributed by atoms with Gasteiger partial charge in [0.25, 0.3) is 5.91 Å². The van der Waals surface area contributed by atoms with Gasteiger partial charge in [0.05, 0.1) is 12.1 Å². The van der Waals surface area contributed by atoms with Crippen LogP contribution in [-0.4, -0.2) is 39.5 Å². The summed E-state index contributed by atoms with van der Waals surface area (Å²) in [4.78, 5) is 44.6. The van der Waals surface area contributed by atoms with E-state index in [4.69, 9.17) is 9.73 Å². The fraction of sp³-hybridized carbons (Fsp3) is 0.214. The molecule has 4 rings (SSSR count). The number of alkyl carbamates (subject to hydrolysis) is 1. The molecule has 8 nitrogen and oxygen atoms in total. The van der Waals surface area contributed by atoms with Gasteiger partial charge in [0.1, 0.15) is 11.4 Å². The molecule has 38 heavy (non-hydrogen) atoms. The molecule has 0 saturated carbocycles. The molecular formula is C28H25BrFN3O5. The topological polar surface area (TPSA) is 108 Å². The summed E-state index contributed by atoms with van der Waals surface area (Å²) in [5.74, 6) is -2.21. The number of ether oxygens (including phenoxy) is 1. The maximum Gasteiger partial charge on any atom is 0.414 e. The number of nitrogens with zero attached hydrogens (tertiary/aromatic N) is 2. The van der Waals surface area contributed by atoms with Crippen LogP contribution in [0.5, 0.6) is 0 Å². The predicted octanol–water partition coefficient (Wildman–Crippen LogP) is 5.45. The summed E-state index contributed by atoms with van der Waals surface area (Å²) in [7, 11) is 0. The van der Waals surface area contributed by atoms with Gasteiger partial charge in [0.2, 0.25) is 5.96 Å². The lowest BCUT2D eigenvalue weighted by molar-refractivity contribution is -0.130. The Labute approximate surface area is 227 Å². The minimum atomic E-state index is -1.66. The largest absolute Gasteiger partial charge is 0.478 e. The van der Waals surface area contributed by atoms with Gasteiger partial charge in [-0.2, -0.15) is 0 Å². The number of rotatable bonds is 5. The van der Waals surface area contributed by atoms with Gasteiger partial charge >= 0.3 is 12.1 Å². The third kappa shape index (κ3) is 5.60. The van der Waals surface area contributed by atoms with Crippen molar-refractivity contribution in [1.82, 2.24) is 10.2 Å². The first kappa shape index (κ1) is 27.0. The minimum Gasteiger partial charge on any atom is -0.478 e. The van der Waals surface area contributed by atoms with Gasteiger partial charge < -0.3 is 9.84 Å². The summed E-state index contributed by atoms with van der Waals surface area (Å²) >= 11 is 3.44. The number of carbonyl (C=O) groups is 3. The molecule has 196 valence electrons. The van der Waals surface area contributed by atoms with Crippen LogP contribution in [0.2, 0.25) is 0 Å². The van der Waals surface area contributed by atoms with E-state index < -0.39 is 34.9 Å². The first-order chi connectivity index (χ1) is 17.9. The van der Waals surface area contributed by atoms with Crippen molar-refractivity contribution in [2.45, 2.75) is 38.5 Å². The van der Waals surface area contributed by atoms with Crippen molar-refractivity contribution in [3.05, 3.63) is 105 Å². The van der Waals surface area contributed by atoms with Crippen LogP contribution in [0, 0.1) is 5.82 Å². The molecule has 3 aromatic rings. The fourth-order valence-corrected chi connectivity index (χ4v) is 4.53. The van der Waals surface area contributed by atoms with Gasteiger partial charge in [-0.05, 0) is 73.9 Å². The number of halogens is 2. The molecule has 0 aliphatic carbocycles. The van der Waals surface area contributed by atoms with E-state index >= 15 is 0 Å². The highest BCUT2D eigenvalue weighted by Gasteiger charge is 2.51. The Hall–Kier alpha value is -4.05. The predicted molar refractivity (Wildman–Crippen MR) is 142 cm³/mol. The number of carboxylic acids is 1. The highest BCUT2D eigenvalue weighted by atomic mass is 79.9. The van der Waals surface area contributed by atoms with Crippen molar-refractivity contribution in [3.63, 3.8) is 0 Å². The number of nitrogens with one attached hydrogen (secondary N) is 1. The van der Waals surface area contributed by atoms with Crippen LogP contribution < -0.4 is 5.32 Å². The first-order valence-electron chi connectivity index (χ1n) is 11.7. The number of hydrogen-bond donors (Lipinski definition) is 2. The van der Waals surface area contributed by atoms with Crippen molar-refractivity contribution in [3.8, 4) is 0 Å². The summed E-state index contributed by atoms with van der Waals surface area (Å²) in [5, 5.41) is 12.0. The third-order valence-electron chi connectivity index (χ3n) is 5.72. The number of benzene rings is 3. The molecule has 0 fully saturated rings. The van der Waals surface area contributed by atoms with E-state index in [9.17, 15) is 23.9 Å². The summed E-state index contributed by atoms with van der Waals surface area (Å²) in [6.45, 7) is 5.01. The van der Waals surface area contributed by atoms with Gasteiger partial charge in [-0.1, -0.05) is 52.3 Å². The maximum absolute atomic E-state index is 14.3. The smallest absolute Gasteiger partial charge is 0.414 e. The molecule has 1 heterocycles. The molecule has 2 N–H and O–H groups in total. The third-order valence-corrected chi connectivity index (χ3v) is 6.21. The zero-order chi connectivity index (χ0) is 27.7. The molecule has 2 amide bonds. The number of hydrogen-bond acceptors (Lipinski definition) is 5. The molecule has 1 aliphatic rings. The average Bonchev–Trinajstić information content (AvgIpc) is 3.10. The Kier molecular flexibility index (Phi) is 7.37. The highest BCUT2D eigenvalue weighted by Crippen LogP contribution is 2.41. The standard InChI is InChI=1S/C28H25BrFN3O5/c1-27(2,3)38-26(37)31-25-32-28(19-10-12-22(30)13-11-19,20-8-5-9-21(29)15-20)24(36)33(25)16-17-6-4-7-18(14-17)23(34)35/h4-15H,16H2,1-3H3,(H,34,35)(H,31,32,37). The summed E-state index contributed by atoms with van der Waals surface area (Å²) in [5.41, 5.74) is -1.06. The van der Waals surface area contributed by atoms with E-state index in [0.717, 1.165) is 0 Å². The Morgan fingerprint density at radius 2 is 1.74 bits per heavy atom. The zero-order valence-corrected chi connectivity index (χ0v) is 22.5. The monoisotopic (exact) mass is 581 g/mol. The molecular weight excluding hydrogens is 557 g/mol. The van der Waals surface area contributed by atoms with Crippen LogP contribution in [0.15, 0.2) is 82.3 Å². The Morgan fingerprint density at radius 1 is 1.05 bits per heavy atom. The lowest BCUT2D eigenvalue weighted by atomic mass is 9.83. The van der Waals surface area contributed by atoms with Crippen molar-refractivity contribution in [2.75, 3.05) is 0 Å². The number of aromatic carboxylic acids is 1. The molecule has 0 spiro atoms. The Bertz CT molecular complexity index is 1430. The number of aliphatic imine (C=N–C) groups is 1. The number of carbonyl (C=O) groups excluding carboxylic acids is 2. The summed E-state index contributed by atoms with van der Waals surface area (Å²) in [6.07, 6.45) is -0.822. The molecule has 3 aromatic carbocycles. The van der Waals surface area contributed by atoms with Crippen LogP contribution in [0.4, 0.5) is 9.18 Å². The van der Waals surface area contributed by atoms with Crippen LogP contribution >= 0.6 is 15.9 Å². The Balaban J connectivity index is 1.87.